The van der Waals surface area contributed by atoms with Gasteiger partial charge in [-0.2, -0.15) is 11.8 Å². The third kappa shape index (κ3) is 2.33. The highest BCUT2D eigenvalue weighted by atomic mass is 35.5. The lowest BCUT2D eigenvalue weighted by atomic mass is 9.84. The van der Waals surface area contributed by atoms with E-state index in [0.29, 0.717) is 4.75 Å². The second-order valence-corrected chi connectivity index (χ2v) is 7.64. The number of nitrogens with zero attached hydrogens (tertiary/aromatic N) is 3. The molecular formula is C15H20ClN3S. The van der Waals surface area contributed by atoms with E-state index < -0.39 is 0 Å². The molecule has 3 rings (SSSR count). The number of thioether (sulfide) groups is 1. The average molecular weight is 310 g/mol. The lowest BCUT2D eigenvalue weighted by molar-refractivity contribution is 0.321. The summed E-state index contributed by atoms with van der Waals surface area (Å²) in [6, 6.07) is 4.06. The molecule has 2 aromatic rings. The first-order valence-corrected chi connectivity index (χ1v) is 8.74. The summed E-state index contributed by atoms with van der Waals surface area (Å²) < 4.78 is 2.59. The number of aryl methyl sites for hydroxylation is 1. The summed E-state index contributed by atoms with van der Waals surface area (Å²) in [6.45, 7) is 4.97. The second-order valence-electron chi connectivity index (χ2n) is 5.71. The molecule has 1 atom stereocenters. The molecule has 0 radical (unpaired) electrons. The summed E-state index contributed by atoms with van der Waals surface area (Å²) in [6.07, 6.45) is 6.08. The van der Waals surface area contributed by atoms with Crippen molar-refractivity contribution in [2.24, 2.45) is 0 Å². The molecule has 0 spiro atoms. The van der Waals surface area contributed by atoms with E-state index in [9.17, 15) is 0 Å². The minimum atomic E-state index is -0.0940. The summed E-state index contributed by atoms with van der Waals surface area (Å²) in [5.74, 6) is 0.945. The third-order valence-corrected chi connectivity index (χ3v) is 5.86. The van der Waals surface area contributed by atoms with Crippen molar-refractivity contribution >= 4 is 34.5 Å². The van der Waals surface area contributed by atoms with E-state index in [1.807, 2.05) is 37.7 Å². The SMILES string of the molecule is CSC1(Cn2c(C(C)Cl)nc3ccc(C)nc32)CCC1. The van der Waals surface area contributed by atoms with E-state index in [1.54, 1.807) is 0 Å². The number of pyridine rings is 1. The molecule has 1 aliphatic rings. The van der Waals surface area contributed by atoms with Crippen LogP contribution < -0.4 is 0 Å². The molecule has 5 heteroatoms. The first kappa shape index (κ1) is 14.2. The number of hydrogen-bond donors (Lipinski definition) is 0. The molecule has 0 bridgehead atoms. The van der Waals surface area contributed by atoms with Crippen molar-refractivity contribution in [2.45, 2.75) is 49.8 Å². The van der Waals surface area contributed by atoms with Gasteiger partial charge in [0.05, 0.1) is 5.38 Å². The zero-order valence-electron chi connectivity index (χ0n) is 12.2. The number of aromatic nitrogens is 3. The number of alkyl halides is 1. The van der Waals surface area contributed by atoms with Crippen molar-refractivity contribution in [3.63, 3.8) is 0 Å². The number of halogens is 1. The Balaban J connectivity index is 2.10. The van der Waals surface area contributed by atoms with Gasteiger partial charge >= 0.3 is 0 Å². The first-order chi connectivity index (χ1) is 9.54. The molecule has 20 heavy (non-hydrogen) atoms. The van der Waals surface area contributed by atoms with Crippen molar-refractivity contribution in [2.75, 3.05) is 6.26 Å². The number of rotatable bonds is 4. The molecule has 0 aliphatic heterocycles. The lowest BCUT2D eigenvalue weighted by Crippen LogP contribution is -2.38. The van der Waals surface area contributed by atoms with Gasteiger partial charge in [0.25, 0.3) is 0 Å². The fraction of sp³-hybridized carbons (Fsp3) is 0.600. The molecule has 0 saturated heterocycles. The van der Waals surface area contributed by atoms with Crippen LogP contribution in [-0.4, -0.2) is 25.5 Å². The van der Waals surface area contributed by atoms with E-state index >= 15 is 0 Å². The average Bonchev–Trinajstić information content (AvgIpc) is 2.72. The first-order valence-electron chi connectivity index (χ1n) is 7.08. The van der Waals surface area contributed by atoms with Gasteiger partial charge in [-0.1, -0.05) is 6.42 Å². The number of fused-ring (bicyclic) bond motifs is 1. The normalized spacial score (nSPS) is 19.0. The zero-order valence-corrected chi connectivity index (χ0v) is 13.8. The fourth-order valence-electron chi connectivity index (χ4n) is 2.86. The van der Waals surface area contributed by atoms with Crippen LogP contribution in [0.4, 0.5) is 0 Å². The molecule has 1 saturated carbocycles. The van der Waals surface area contributed by atoms with Crippen LogP contribution in [0.25, 0.3) is 11.2 Å². The predicted molar refractivity (Wildman–Crippen MR) is 86.6 cm³/mol. The van der Waals surface area contributed by atoms with Gasteiger partial charge in [0.2, 0.25) is 0 Å². The van der Waals surface area contributed by atoms with E-state index in [-0.39, 0.29) is 5.38 Å². The Kier molecular flexibility index (Phi) is 3.71. The van der Waals surface area contributed by atoms with E-state index in [2.05, 4.69) is 20.8 Å². The Hall–Kier alpha value is -0.740. The van der Waals surface area contributed by atoms with Gasteiger partial charge in [0.1, 0.15) is 11.3 Å². The standard InChI is InChI=1S/C15H20ClN3S/c1-10-5-6-12-14(17-10)19(13(18-12)11(2)16)9-15(20-3)7-4-8-15/h5-6,11H,4,7-9H2,1-3H3. The molecule has 2 heterocycles. The van der Waals surface area contributed by atoms with Crippen LogP contribution in [-0.2, 0) is 6.54 Å². The van der Waals surface area contributed by atoms with Crippen LogP contribution in [0.5, 0.6) is 0 Å². The van der Waals surface area contributed by atoms with Crippen molar-refractivity contribution in [3.05, 3.63) is 23.7 Å². The minimum Gasteiger partial charge on any atom is -0.310 e. The van der Waals surface area contributed by atoms with Crippen molar-refractivity contribution in [3.8, 4) is 0 Å². The topological polar surface area (TPSA) is 30.7 Å². The smallest absolute Gasteiger partial charge is 0.160 e. The third-order valence-electron chi connectivity index (χ3n) is 4.26. The van der Waals surface area contributed by atoms with Gasteiger partial charge in [-0.05, 0) is 45.1 Å². The Morgan fingerprint density at radius 2 is 2.15 bits per heavy atom. The molecule has 1 fully saturated rings. The number of imidazole rings is 1. The summed E-state index contributed by atoms with van der Waals surface area (Å²) in [7, 11) is 0. The summed E-state index contributed by atoms with van der Waals surface area (Å²) in [4.78, 5) is 9.38. The molecule has 0 aromatic carbocycles. The predicted octanol–water partition coefficient (Wildman–Crippen LogP) is 4.33. The van der Waals surface area contributed by atoms with Crippen molar-refractivity contribution in [1.29, 1.82) is 0 Å². The van der Waals surface area contributed by atoms with E-state index in [4.69, 9.17) is 11.6 Å². The Morgan fingerprint density at radius 1 is 1.40 bits per heavy atom. The summed E-state index contributed by atoms with van der Waals surface area (Å²) in [5.41, 5.74) is 2.96. The van der Waals surface area contributed by atoms with Crippen LogP contribution in [0.15, 0.2) is 12.1 Å². The van der Waals surface area contributed by atoms with Crippen LogP contribution >= 0.6 is 23.4 Å². The largest absolute Gasteiger partial charge is 0.310 e. The zero-order chi connectivity index (χ0) is 14.3. The van der Waals surface area contributed by atoms with E-state index in [1.165, 1.54) is 19.3 Å². The quantitative estimate of drug-likeness (QED) is 0.788. The molecule has 0 amide bonds. The summed E-state index contributed by atoms with van der Waals surface area (Å²) >= 11 is 8.31. The fourth-order valence-corrected chi connectivity index (χ4v) is 3.98. The van der Waals surface area contributed by atoms with Gasteiger partial charge in [-0.25, -0.2) is 9.97 Å². The Morgan fingerprint density at radius 3 is 2.70 bits per heavy atom. The highest BCUT2D eigenvalue weighted by molar-refractivity contribution is 8.00. The second kappa shape index (κ2) is 5.23. The van der Waals surface area contributed by atoms with Crippen LogP contribution in [0.3, 0.4) is 0 Å². The summed E-state index contributed by atoms with van der Waals surface area (Å²) in [5, 5.41) is -0.0940. The molecular weight excluding hydrogens is 290 g/mol. The van der Waals surface area contributed by atoms with Gasteiger partial charge in [-0.3, -0.25) is 0 Å². The highest BCUT2D eigenvalue weighted by Crippen LogP contribution is 2.45. The Labute approximate surface area is 129 Å². The van der Waals surface area contributed by atoms with Gasteiger partial charge in [-0.15, -0.1) is 11.6 Å². The molecule has 108 valence electrons. The van der Waals surface area contributed by atoms with E-state index in [0.717, 1.165) is 29.2 Å². The van der Waals surface area contributed by atoms with Crippen molar-refractivity contribution < 1.29 is 0 Å². The van der Waals surface area contributed by atoms with Crippen LogP contribution in [0.1, 0.15) is 43.1 Å². The molecule has 2 aromatic heterocycles. The van der Waals surface area contributed by atoms with Gasteiger partial charge < -0.3 is 4.57 Å². The molecule has 1 aliphatic carbocycles. The van der Waals surface area contributed by atoms with Gasteiger partial charge in [0, 0.05) is 17.0 Å². The number of hydrogen-bond acceptors (Lipinski definition) is 3. The van der Waals surface area contributed by atoms with Gasteiger partial charge in [0.15, 0.2) is 5.65 Å². The molecule has 1 unspecified atom stereocenters. The maximum atomic E-state index is 6.33. The van der Waals surface area contributed by atoms with Crippen molar-refractivity contribution in [1.82, 2.24) is 14.5 Å². The maximum Gasteiger partial charge on any atom is 0.160 e. The Bertz CT molecular complexity index is 626. The monoisotopic (exact) mass is 309 g/mol. The van der Waals surface area contributed by atoms with Crippen LogP contribution in [0, 0.1) is 6.92 Å². The van der Waals surface area contributed by atoms with Crippen LogP contribution in [0.2, 0.25) is 0 Å². The molecule has 0 N–H and O–H groups in total. The highest BCUT2D eigenvalue weighted by Gasteiger charge is 2.37. The minimum absolute atomic E-state index is 0.0940. The molecule has 3 nitrogen and oxygen atoms in total. The lowest BCUT2D eigenvalue weighted by Gasteiger charge is -2.41. The maximum absolute atomic E-state index is 6.33.